The molecule has 2 aliphatic heterocycles. The van der Waals surface area contributed by atoms with E-state index in [4.69, 9.17) is 18.9 Å². The normalized spacial score (nSPS) is 17.4. The Hall–Kier alpha value is -4.46. The molecule has 1 saturated heterocycles. The molecule has 220 valence electrons. The van der Waals surface area contributed by atoms with Crippen molar-refractivity contribution < 1.29 is 33.6 Å². The van der Waals surface area contributed by atoms with E-state index in [0.717, 1.165) is 24.8 Å². The number of carbonyl (C=O) groups is 2. The maximum absolute atomic E-state index is 13.6. The van der Waals surface area contributed by atoms with Crippen LogP contribution in [0.1, 0.15) is 55.8 Å². The molecule has 5 rings (SSSR count). The molecule has 3 aromatic rings. The minimum absolute atomic E-state index is 0.0174. The second kappa shape index (κ2) is 13.5. The lowest BCUT2D eigenvalue weighted by molar-refractivity contribution is -0.139. The van der Waals surface area contributed by atoms with Gasteiger partial charge in [0.15, 0.2) is 23.0 Å². The Morgan fingerprint density at radius 3 is 2.45 bits per heavy atom. The number of aliphatic hydroxyl groups excluding tert-OH is 1. The minimum atomic E-state index is -0.824. The van der Waals surface area contributed by atoms with Crippen LogP contribution in [0, 0.1) is 0 Å². The van der Waals surface area contributed by atoms with Crippen LogP contribution in [0.4, 0.5) is 0 Å². The topological polar surface area (TPSA) is 94.5 Å². The molecule has 0 spiro atoms. The number of amides is 1. The summed E-state index contributed by atoms with van der Waals surface area (Å²) in [6.07, 6.45) is 3.63. The third-order valence-electron chi connectivity index (χ3n) is 7.43. The summed E-state index contributed by atoms with van der Waals surface area (Å²) in [5.41, 5.74) is 2.07. The number of fused-ring (bicyclic) bond motifs is 1. The summed E-state index contributed by atoms with van der Waals surface area (Å²) < 4.78 is 23.3. The van der Waals surface area contributed by atoms with Gasteiger partial charge < -0.3 is 29.0 Å². The van der Waals surface area contributed by atoms with Crippen LogP contribution in [-0.4, -0.2) is 54.7 Å². The summed E-state index contributed by atoms with van der Waals surface area (Å²) in [6.45, 7) is 6.12. The largest absolute Gasteiger partial charge is 0.507 e. The molecule has 1 atom stereocenters. The Morgan fingerprint density at radius 1 is 0.905 bits per heavy atom. The SMILES string of the molecule is CCCCCOc1ccc(C2/C(=C(/O)c3ccc4c(c3)OCCO4)C(=O)C(=O)N2CCc2ccccc2)cc1OCC. The number of unbranched alkanes of at least 4 members (excludes halogenated alkanes) is 2. The maximum Gasteiger partial charge on any atom is 0.295 e. The van der Waals surface area contributed by atoms with E-state index >= 15 is 0 Å². The second-order valence-electron chi connectivity index (χ2n) is 10.3. The lowest BCUT2D eigenvalue weighted by Crippen LogP contribution is -2.31. The van der Waals surface area contributed by atoms with Crippen molar-refractivity contribution in [3.63, 3.8) is 0 Å². The molecule has 2 heterocycles. The number of Topliss-reactive ketones (excluding diaryl/α,β-unsaturated/α-hetero) is 1. The summed E-state index contributed by atoms with van der Waals surface area (Å²) in [5.74, 6) is 0.503. The van der Waals surface area contributed by atoms with Gasteiger partial charge >= 0.3 is 0 Å². The number of nitrogens with zero attached hydrogens (tertiary/aromatic N) is 1. The first kappa shape index (κ1) is 29.0. The summed E-state index contributed by atoms with van der Waals surface area (Å²) in [5, 5.41) is 11.6. The summed E-state index contributed by atoms with van der Waals surface area (Å²) >= 11 is 0. The fourth-order valence-electron chi connectivity index (χ4n) is 5.31. The Labute approximate surface area is 246 Å². The molecule has 0 radical (unpaired) electrons. The highest BCUT2D eigenvalue weighted by Crippen LogP contribution is 2.43. The summed E-state index contributed by atoms with van der Waals surface area (Å²) in [7, 11) is 0. The minimum Gasteiger partial charge on any atom is -0.507 e. The fourth-order valence-corrected chi connectivity index (χ4v) is 5.31. The number of aliphatic hydroxyl groups is 1. The van der Waals surface area contributed by atoms with Crippen LogP contribution in [0.3, 0.4) is 0 Å². The van der Waals surface area contributed by atoms with E-state index in [1.165, 1.54) is 4.90 Å². The zero-order valence-corrected chi connectivity index (χ0v) is 24.1. The third kappa shape index (κ3) is 6.22. The van der Waals surface area contributed by atoms with E-state index in [-0.39, 0.29) is 17.9 Å². The van der Waals surface area contributed by atoms with Gasteiger partial charge in [-0.25, -0.2) is 0 Å². The van der Waals surface area contributed by atoms with Gasteiger partial charge in [0.25, 0.3) is 11.7 Å². The fraction of sp³-hybridized carbons (Fsp3) is 0.353. The van der Waals surface area contributed by atoms with Gasteiger partial charge in [-0.1, -0.05) is 56.2 Å². The van der Waals surface area contributed by atoms with Gasteiger partial charge in [-0.05, 0) is 61.2 Å². The highest BCUT2D eigenvalue weighted by atomic mass is 16.6. The van der Waals surface area contributed by atoms with E-state index < -0.39 is 17.7 Å². The van der Waals surface area contributed by atoms with Gasteiger partial charge in [0.1, 0.15) is 19.0 Å². The van der Waals surface area contributed by atoms with Crippen molar-refractivity contribution in [2.24, 2.45) is 0 Å². The van der Waals surface area contributed by atoms with Crippen molar-refractivity contribution in [2.45, 2.75) is 45.6 Å². The highest BCUT2D eigenvalue weighted by molar-refractivity contribution is 6.46. The predicted molar refractivity (Wildman–Crippen MR) is 159 cm³/mol. The van der Waals surface area contributed by atoms with Gasteiger partial charge in [-0.3, -0.25) is 9.59 Å². The highest BCUT2D eigenvalue weighted by Gasteiger charge is 2.46. The number of ketones is 1. The van der Waals surface area contributed by atoms with E-state index in [0.29, 0.717) is 67.0 Å². The van der Waals surface area contributed by atoms with Crippen LogP contribution in [0.15, 0.2) is 72.3 Å². The Bertz CT molecular complexity index is 1450. The van der Waals surface area contributed by atoms with Crippen LogP contribution in [-0.2, 0) is 16.0 Å². The molecule has 0 saturated carbocycles. The zero-order valence-electron chi connectivity index (χ0n) is 24.1. The molecule has 1 unspecified atom stereocenters. The van der Waals surface area contributed by atoms with Crippen molar-refractivity contribution in [1.82, 2.24) is 4.90 Å². The predicted octanol–water partition coefficient (Wildman–Crippen LogP) is 6.09. The van der Waals surface area contributed by atoms with Crippen molar-refractivity contribution in [3.8, 4) is 23.0 Å². The van der Waals surface area contributed by atoms with Crippen molar-refractivity contribution in [2.75, 3.05) is 33.0 Å². The molecule has 0 aliphatic carbocycles. The number of carbonyl (C=O) groups excluding carboxylic acids is 2. The number of benzene rings is 3. The molecule has 3 aromatic carbocycles. The van der Waals surface area contributed by atoms with E-state index in [9.17, 15) is 14.7 Å². The smallest absolute Gasteiger partial charge is 0.295 e. The molecule has 1 fully saturated rings. The van der Waals surface area contributed by atoms with Crippen LogP contribution < -0.4 is 18.9 Å². The number of hydrogen-bond donors (Lipinski definition) is 1. The quantitative estimate of drug-likeness (QED) is 0.122. The Balaban J connectivity index is 1.56. The monoisotopic (exact) mass is 571 g/mol. The van der Waals surface area contributed by atoms with E-state index in [1.54, 1.807) is 18.2 Å². The molecule has 1 N–H and O–H groups in total. The van der Waals surface area contributed by atoms with E-state index in [1.807, 2.05) is 55.5 Å². The average molecular weight is 572 g/mol. The van der Waals surface area contributed by atoms with Crippen molar-refractivity contribution in [1.29, 1.82) is 0 Å². The first-order valence-corrected chi connectivity index (χ1v) is 14.6. The lowest BCUT2D eigenvalue weighted by atomic mass is 9.94. The van der Waals surface area contributed by atoms with Crippen LogP contribution >= 0.6 is 0 Å². The first-order chi connectivity index (χ1) is 20.5. The number of likely N-dealkylation sites (tertiary alicyclic amines) is 1. The van der Waals surface area contributed by atoms with Gasteiger partial charge in [-0.15, -0.1) is 0 Å². The molecular formula is C34H37NO7. The Morgan fingerprint density at radius 2 is 1.69 bits per heavy atom. The van der Waals surface area contributed by atoms with Gasteiger partial charge in [-0.2, -0.15) is 0 Å². The van der Waals surface area contributed by atoms with Gasteiger partial charge in [0.05, 0.1) is 24.8 Å². The van der Waals surface area contributed by atoms with E-state index in [2.05, 4.69) is 6.92 Å². The van der Waals surface area contributed by atoms with Crippen molar-refractivity contribution in [3.05, 3.63) is 89.0 Å². The average Bonchev–Trinajstić information content (AvgIpc) is 3.27. The molecular weight excluding hydrogens is 534 g/mol. The number of rotatable bonds is 12. The summed E-state index contributed by atoms with van der Waals surface area (Å²) in [6, 6.07) is 19.4. The number of ether oxygens (including phenoxy) is 4. The second-order valence-corrected chi connectivity index (χ2v) is 10.3. The van der Waals surface area contributed by atoms with Crippen LogP contribution in [0.2, 0.25) is 0 Å². The summed E-state index contributed by atoms with van der Waals surface area (Å²) in [4.78, 5) is 28.6. The molecule has 0 bridgehead atoms. The van der Waals surface area contributed by atoms with Gasteiger partial charge in [0.2, 0.25) is 0 Å². The molecule has 1 amide bonds. The zero-order chi connectivity index (χ0) is 29.5. The standard InChI is InChI=1S/C34H37NO7/c1-3-5-9-18-40-26-14-12-24(21-28(26)39-4-2)31-30(32(36)25-13-15-27-29(22-25)42-20-19-41-27)33(37)34(38)35(31)17-16-23-10-7-6-8-11-23/h6-8,10-15,21-22,31,36H,3-5,9,16-20H2,1-2H3/b32-30-. The molecule has 42 heavy (non-hydrogen) atoms. The van der Waals surface area contributed by atoms with Crippen molar-refractivity contribution >= 4 is 17.4 Å². The molecule has 0 aromatic heterocycles. The van der Waals surface area contributed by atoms with Crippen LogP contribution in [0.5, 0.6) is 23.0 Å². The van der Waals surface area contributed by atoms with Crippen LogP contribution in [0.25, 0.3) is 5.76 Å². The lowest BCUT2D eigenvalue weighted by Gasteiger charge is -2.26. The molecule has 8 heteroatoms. The molecule has 2 aliphatic rings. The van der Waals surface area contributed by atoms with Gasteiger partial charge in [0, 0.05) is 12.1 Å². The number of hydrogen-bond acceptors (Lipinski definition) is 7. The molecule has 8 nitrogen and oxygen atoms in total. The first-order valence-electron chi connectivity index (χ1n) is 14.6. The Kier molecular flexibility index (Phi) is 9.31. The maximum atomic E-state index is 13.6. The third-order valence-corrected chi connectivity index (χ3v) is 7.43.